The van der Waals surface area contributed by atoms with Gasteiger partial charge in [0.05, 0.1) is 18.4 Å². The Morgan fingerprint density at radius 3 is 2.26 bits per heavy atom. The van der Waals surface area contributed by atoms with Crippen LogP contribution in [0, 0.1) is 5.92 Å². The zero-order valence-electron chi connectivity index (χ0n) is 26.9. The zero-order valence-corrected chi connectivity index (χ0v) is 26.9. The standard InChI is InChI=1S/C20H28F3N5O2.C8H16.C3H7NO/c1-14(16(12-24-2)20(21,22)23)26-13-27-17-8-7-15(11-18(17)30-5)19(29)25-9-6-10-28(3)4;1-2-8-6-4-3-5-7-8;1-3(5)4-2/h7-8,11-12,27H,2,6,9-10,13H2,1,3-5H3,(H,25,29);8H,2-7H2,1H3;1-2H3,(H,4,5)/b16-12+,26-14-;;. The van der Waals surface area contributed by atoms with Gasteiger partial charge in [0, 0.05) is 38.0 Å². The Morgan fingerprint density at radius 1 is 1.16 bits per heavy atom. The maximum Gasteiger partial charge on any atom is 0.419 e. The highest BCUT2D eigenvalue weighted by molar-refractivity contribution is 5.99. The summed E-state index contributed by atoms with van der Waals surface area (Å²) < 4.78 is 44.2. The molecule has 12 heteroatoms. The maximum atomic E-state index is 13.0. The molecule has 2 amide bonds. The Hall–Kier alpha value is -3.41. The van der Waals surface area contributed by atoms with Gasteiger partial charge in [0.25, 0.3) is 5.91 Å². The number of methoxy groups -OCH3 is 1. The third-order valence-electron chi connectivity index (χ3n) is 6.69. The second-order valence-electron chi connectivity index (χ2n) is 10.3. The van der Waals surface area contributed by atoms with Crippen LogP contribution in [0.4, 0.5) is 18.9 Å². The molecule has 0 spiro atoms. The smallest absolute Gasteiger partial charge is 0.419 e. The fraction of sp³-hybridized carbons (Fsp3) is 0.613. The first-order valence-electron chi connectivity index (χ1n) is 14.6. The Labute approximate surface area is 255 Å². The van der Waals surface area contributed by atoms with Gasteiger partial charge in [-0.1, -0.05) is 45.4 Å². The maximum absolute atomic E-state index is 13.0. The van der Waals surface area contributed by atoms with Crippen molar-refractivity contribution in [3.8, 4) is 5.75 Å². The van der Waals surface area contributed by atoms with Gasteiger partial charge in [-0.25, -0.2) is 0 Å². The number of hydrogen-bond donors (Lipinski definition) is 3. The molecule has 1 aliphatic rings. The second kappa shape index (κ2) is 22.2. The van der Waals surface area contributed by atoms with Crippen LogP contribution >= 0.6 is 0 Å². The Kier molecular flexibility index (Phi) is 20.4. The van der Waals surface area contributed by atoms with E-state index in [2.05, 4.69) is 39.6 Å². The van der Waals surface area contributed by atoms with Crippen LogP contribution in [-0.4, -0.2) is 83.3 Å². The summed E-state index contributed by atoms with van der Waals surface area (Å²) in [6.45, 7) is 9.37. The molecule has 2 rings (SSSR count). The van der Waals surface area contributed by atoms with Crippen molar-refractivity contribution in [2.75, 3.05) is 53.3 Å². The second-order valence-corrected chi connectivity index (χ2v) is 10.3. The summed E-state index contributed by atoms with van der Waals surface area (Å²) in [5.74, 6) is 1.24. The molecule has 0 saturated heterocycles. The van der Waals surface area contributed by atoms with Gasteiger partial charge in [0.2, 0.25) is 5.91 Å². The molecule has 0 bridgehead atoms. The van der Waals surface area contributed by atoms with E-state index in [1.807, 2.05) is 19.0 Å². The van der Waals surface area contributed by atoms with Crippen LogP contribution in [0.2, 0.25) is 0 Å². The number of nitrogens with zero attached hydrogens (tertiary/aromatic N) is 3. The SMILES string of the molecule is C=N/C=C(\C(C)=N/CNc1ccc(C(=O)NCCCN(C)C)cc1OC)C(F)(F)F.CCC1CCCCC1.CNC(C)=O. The summed E-state index contributed by atoms with van der Waals surface area (Å²) >= 11 is 0. The predicted molar refractivity (Wildman–Crippen MR) is 170 cm³/mol. The van der Waals surface area contributed by atoms with Crippen LogP contribution in [0.25, 0.3) is 0 Å². The normalized spacial score (nSPS) is 14.0. The van der Waals surface area contributed by atoms with Crippen molar-refractivity contribution in [3.05, 3.63) is 35.5 Å². The van der Waals surface area contributed by atoms with Crippen molar-refractivity contribution in [1.29, 1.82) is 0 Å². The summed E-state index contributed by atoms with van der Waals surface area (Å²) in [4.78, 5) is 31.1. The molecule has 0 aromatic heterocycles. The van der Waals surface area contributed by atoms with Gasteiger partial charge in [-0.3, -0.25) is 19.6 Å². The number of benzene rings is 1. The molecule has 1 aliphatic carbocycles. The third kappa shape index (κ3) is 18.0. The Morgan fingerprint density at radius 2 is 1.79 bits per heavy atom. The summed E-state index contributed by atoms with van der Waals surface area (Å²) in [7, 11) is 6.96. The summed E-state index contributed by atoms with van der Waals surface area (Å²) in [6, 6.07) is 4.78. The average Bonchev–Trinajstić information content (AvgIpc) is 2.98. The summed E-state index contributed by atoms with van der Waals surface area (Å²) in [6.07, 6.45) is 5.81. The number of nitrogens with one attached hydrogen (secondary N) is 3. The molecule has 3 N–H and O–H groups in total. The number of halogens is 3. The highest BCUT2D eigenvalue weighted by Crippen LogP contribution is 2.28. The highest BCUT2D eigenvalue weighted by atomic mass is 19.4. The van der Waals surface area contributed by atoms with Crippen LogP contribution in [0.3, 0.4) is 0 Å². The van der Waals surface area contributed by atoms with Crippen LogP contribution in [0.5, 0.6) is 5.75 Å². The number of ether oxygens (including phenoxy) is 1. The predicted octanol–water partition coefficient (Wildman–Crippen LogP) is 6.08. The molecule has 43 heavy (non-hydrogen) atoms. The molecular weight excluding hydrogens is 561 g/mol. The average molecular weight is 613 g/mol. The van der Waals surface area contributed by atoms with Gasteiger partial charge >= 0.3 is 6.18 Å². The van der Waals surface area contributed by atoms with E-state index in [0.717, 1.165) is 18.9 Å². The molecule has 0 atom stereocenters. The van der Waals surface area contributed by atoms with Crippen molar-refractivity contribution < 1.29 is 27.5 Å². The minimum absolute atomic E-state index is 0.00463. The van der Waals surface area contributed by atoms with Gasteiger partial charge in [-0.2, -0.15) is 13.2 Å². The van der Waals surface area contributed by atoms with Crippen LogP contribution in [0.1, 0.15) is 76.1 Å². The lowest BCUT2D eigenvalue weighted by atomic mass is 9.88. The van der Waals surface area contributed by atoms with E-state index < -0.39 is 11.7 Å². The first-order valence-corrected chi connectivity index (χ1v) is 14.6. The highest BCUT2D eigenvalue weighted by Gasteiger charge is 2.35. The van der Waals surface area contributed by atoms with Crippen molar-refractivity contribution in [2.45, 2.75) is 71.9 Å². The number of anilines is 1. The van der Waals surface area contributed by atoms with E-state index in [1.54, 1.807) is 25.2 Å². The molecule has 0 aliphatic heterocycles. The minimum atomic E-state index is -4.58. The number of rotatable bonds is 12. The Balaban J connectivity index is 0.00000111. The van der Waals surface area contributed by atoms with Gasteiger partial charge < -0.3 is 25.6 Å². The van der Waals surface area contributed by atoms with Crippen molar-refractivity contribution >= 4 is 29.9 Å². The van der Waals surface area contributed by atoms with E-state index >= 15 is 0 Å². The number of alkyl halides is 3. The van der Waals surface area contributed by atoms with E-state index in [-0.39, 0.29) is 24.2 Å². The zero-order chi connectivity index (χ0) is 32.8. The lowest BCUT2D eigenvalue weighted by Gasteiger charge is -2.18. The van der Waals surface area contributed by atoms with Gasteiger partial charge in [-0.15, -0.1) is 0 Å². The third-order valence-corrected chi connectivity index (χ3v) is 6.69. The van der Waals surface area contributed by atoms with Crippen molar-refractivity contribution in [1.82, 2.24) is 15.5 Å². The molecule has 1 aromatic carbocycles. The topological polar surface area (TPSA) is 107 Å². The summed E-state index contributed by atoms with van der Waals surface area (Å²) in [5.41, 5.74) is -0.276. The molecular formula is C31H51F3N6O3. The molecule has 0 heterocycles. The van der Waals surface area contributed by atoms with Crippen LogP contribution < -0.4 is 20.7 Å². The number of amides is 2. The number of aliphatic imine (C=N–C) groups is 2. The van der Waals surface area contributed by atoms with Crippen molar-refractivity contribution in [3.63, 3.8) is 0 Å². The quantitative estimate of drug-likeness (QED) is 0.196. The lowest BCUT2D eigenvalue weighted by molar-refractivity contribution is -0.118. The monoisotopic (exact) mass is 612 g/mol. The molecule has 1 fully saturated rings. The van der Waals surface area contributed by atoms with E-state index in [9.17, 15) is 22.8 Å². The molecule has 244 valence electrons. The number of carbonyl (C=O) groups excluding carboxylic acids is 2. The van der Waals surface area contributed by atoms with Gasteiger partial charge in [-0.05, 0) is 64.8 Å². The van der Waals surface area contributed by atoms with Gasteiger partial charge in [0.1, 0.15) is 12.4 Å². The number of carbonyl (C=O) groups is 2. The first kappa shape index (κ1) is 39.6. The van der Waals surface area contributed by atoms with E-state index in [1.165, 1.54) is 59.5 Å². The lowest BCUT2D eigenvalue weighted by Crippen LogP contribution is -2.27. The van der Waals surface area contributed by atoms with E-state index in [0.29, 0.717) is 29.7 Å². The minimum Gasteiger partial charge on any atom is -0.495 e. The largest absolute Gasteiger partial charge is 0.495 e. The van der Waals surface area contributed by atoms with Crippen molar-refractivity contribution in [2.24, 2.45) is 15.9 Å². The fourth-order valence-corrected chi connectivity index (χ4v) is 4.06. The Bertz CT molecular complexity index is 1040. The number of allylic oxidation sites excluding steroid dienone is 1. The van der Waals surface area contributed by atoms with Gasteiger partial charge in [0.15, 0.2) is 0 Å². The molecule has 0 radical (unpaired) electrons. The van der Waals surface area contributed by atoms with Crippen LogP contribution in [-0.2, 0) is 4.79 Å². The van der Waals surface area contributed by atoms with Crippen LogP contribution in [0.15, 0.2) is 40.0 Å². The fourth-order valence-electron chi connectivity index (χ4n) is 4.06. The summed E-state index contributed by atoms with van der Waals surface area (Å²) in [5, 5.41) is 8.10. The molecule has 9 nitrogen and oxygen atoms in total. The number of hydrogen-bond acceptors (Lipinski definition) is 7. The molecule has 0 unspecified atom stereocenters. The first-order chi connectivity index (χ1) is 20.3. The molecule has 1 saturated carbocycles. The molecule has 1 aromatic rings. The van der Waals surface area contributed by atoms with E-state index in [4.69, 9.17) is 4.74 Å².